The van der Waals surface area contributed by atoms with Crippen molar-refractivity contribution in [1.82, 2.24) is 4.90 Å². The van der Waals surface area contributed by atoms with Gasteiger partial charge in [-0.3, -0.25) is 4.79 Å². The number of rotatable bonds is 9. The number of hydrogen-bond acceptors (Lipinski definition) is 5. The normalized spacial score (nSPS) is 13.3. The Kier molecular flexibility index (Phi) is 8.96. The van der Waals surface area contributed by atoms with Gasteiger partial charge in [0.15, 0.2) is 6.04 Å². The predicted molar refractivity (Wildman–Crippen MR) is 103 cm³/mol. The lowest BCUT2D eigenvalue weighted by Crippen LogP contribution is -2.52. The Balaban J connectivity index is 3.00. The van der Waals surface area contributed by atoms with E-state index in [1.165, 1.54) is 12.0 Å². The van der Waals surface area contributed by atoms with Crippen molar-refractivity contribution in [3.8, 4) is 6.07 Å². The molecule has 1 aromatic rings. The second kappa shape index (κ2) is 10.7. The molecular formula is C21H30N2O4. The first kappa shape index (κ1) is 22.7. The van der Waals surface area contributed by atoms with Gasteiger partial charge in [-0.2, -0.15) is 5.26 Å². The van der Waals surface area contributed by atoms with Crippen LogP contribution in [0.4, 0.5) is 0 Å². The summed E-state index contributed by atoms with van der Waals surface area (Å²) in [6.45, 7) is 8.58. The van der Waals surface area contributed by atoms with E-state index in [4.69, 9.17) is 14.7 Å². The van der Waals surface area contributed by atoms with Gasteiger partial charge >= 0.3 is 5.97 Å². The molecule has 0 N–H and O–H groups in total. The minimum atomic E-state index is -0.901. The number of nitrogens with zero attached hydrogens (tertiary/aromatic N) is 2. The minimum Gasteiger partial charge on any atom is -0.467 e. The van der Waals surface area contributed by atoms with Crippen molar-refractivity contribution in [2.24, 2.45) is 5.41 Å². The summed E-state index contributed by atoms with van der Waals surface area (Å²) in [6.07, 6.45) is -0.188. The zero-order valence-electron chi connectivity index (χ0n) is 16.9. The average Bonchev–Trinajstić information content (AvgIpc) is 2.62. The summed E-state index contributed by atoms with van der Waals surface area (Å²) in [5.41, 5.74) is 0.942. The van der Waals surface area contributed by atoms with Crippen molar-refractivity contribution in [2.45, 2.75) is 59.3 Å². The van der Waals surface area contributed by atoms with Gasteiger partial charge in [-0.15, -0.1) is 0 Å². The molecule has 0 radical (unpaired) electrons. The predicted octanol–water partition coefficient (Wildman–Crippen LogP) is 3.31. The molecule has 0 aromatic heterocycles. The molecule has 0 aliphatic rings. The number of amides is 1. The number of nitriles is 1. The second-order valence-electron chi connectivity index (χ2n) is 7.70. The molecule has 0 saturated heterocycles. The quantitative estimate of drug-likeness (QED) is 0.620. The average molecular weight is 374 g/mol. The van der Waals surface area contributed by atoms with Crippen LogP contribution >= 0.6 is 0 Å². The largest absolute Gasteiger partial charge is 0.467 e. The van der Waals surface area contributed by atoms with E-state index in [0.29, 0.717) is 19.6 Å². The molecule has 1 aromatic carbocycles. The highest BCUT2D eigenvalue weighted by atomic mass is 16.5. The molecule has 2 unspecified atom stereocenters. The molecule has 0 aliphatic carbocycles. The van der Waals surface area contributed by atoms with E-state index in [-0.39, 0.29) is 11.8 Å². The highest BCUT2D eigenvalue weighted by molar-refractivity contribution is 5.86. The minimum absolute atomic E-state index is 0.0278. The van der Waals surface area contributed by atoms with Crippen LogP contribution in [0.1, 0.15) is 46.1 Å². The molecule has 0 fully saturated rings. The van der Waals surface area contributed by atoms with Crippen LogP contribution in [-0.4, -0.2) is 42.6 Å². The third-order valence-electron chi connectivity index (χ3n) is 4.23. The zero-order valence-corrected chi connectivity index (χ0v) is 16.9. The third-order valence-corrected chi connectivity index (χ3v) is 4.23. The molecule has 27 heavy (non-hydrogen) atoms. The van der Waals surface area contributed by atoms with Gasteiger partial charge in [-0.1, -0.05) is 51.1 Å². The Hall–Kier alpha value is -2.39. The zero-order chi connectivity index (χ0) is 20.4. The van der Waals surface area contributed by atoms with E-state index in [2.05, 4.69) is 20.8 Å². The summed E-state index contributed by atoms with van der Waals surface area (Å²) in [5.74, 6) is -0.942. The van der Waals surface area contributed by atoms with Crippen LogP contribution in [0.3, 0.4) is 0 Å². The fourth-order valence-electron chi connectivity index (χ4n) is 2.63. The van der Waals surface area contributed by atoms with Crippen molar-refractivity contribution in [2.75, 3.05) is 13.7 Å². The van der Waals surface area contributed by atoms with Gasteiger partial charge in [0.25, 0.3) is 0 Å². The van der Waals surface area contributed by atoms with Gasteiger partial charge in [-0.25, -0.2) is 4.79 Å². The van der Waals surface area contributed by atoms with Gasteiger partial charge in [-0.05, 0) is 24.3 Å². The topological polar surface area (TPSA) is 79.6 Å². The van der Waals surface area contributed by atoms with Crippen LogP contribution in [0, 0.1) is 16.7 Å². The number of carbonyl (C=O) groups excluding carboxylic acids is 2. The maximum Gasteiger partial charge on any atom is 0.331 e. The smallest absolute Gasteiger partial charge is 0.331 e. The fourth-order valence-corrected chi connectivity index (χ4v) is 2.63. The van der Waals surface area contributed by atoms with E-state index >= 15 is 0 Å². The molecule has 6 heteroatoms. The number of ether oxygens (including phenoxy) is 2. The molecule has 0 heterocycles. The lowest BCUT2D eigenvalue weighted by molar-refractivity contribution is -0.160. The van der Waals surface area contributed by atoms with E-state index < -0.39 is 24.0 Å². The first-order valence-corrected chi connectivity index (χ1v) is 9.09. The number of hydrogen-bond donors (Lipinski definition) is 0. The standard InChI is InChI=1S/C21H30N2O4/c1-16(27-15-17-9-7-6-8-10-17)19(20(25)26-5)23(18(24)11-13-22)14-12-21(2,3)4/h6-10,16,19H,11-12,14-15H2,1-5H3. The number of esters is 1. The van der Waals surface area contributed by atoms with E-state index in [9.17, 15) is 9.59 Å². The summed E-state index contributed by atoms with van der Waals surface area (Å²) in [4.78, 5) is 26.4. The van der Waals surface area contributed by atoms with Gasteiger partial charge in [0.1, 0.15) is 6.42 Å². The van der Waals surface area contributed by atoms with Crippen molar-refractivity contribution in [1.29, 1.82) is 5.26 Å². The molecule has 2 atom stereocenters. The van der Waals surface area contributed by atoms with E-state index in [0.717, 1.165) is 5.56 Å². The van der Waals surface area contributed by atoms with Crippen molar-refractivity contribution < 1.29 is 19.1 Å². The molecular weight excluding hydrogens is 344 g/mol. The lowest BCUT2D eigenvalue weighted by atomic mass is 9.91. The van der Waals surface area contributed by atoms with Gasteiger partial charge in [0, 0.05) is 6.54 Å². The van der Waals surface area contributed by atoms with Crippen LogP contribution in [0.2, 0.25) is 0 Å². The summed E-state index contributed by atoms with van der Waals surface area (Å²) < 4.78 is 10.8. The van der Waals surface area contributed by atoms with Crippen LogP contribution in [0.5, 0.6) is 0 Å². The maximum atomic E-state index is 12.5. The second-order valence-corrected chi connectivity index (χ2v) is 7.70. The number of methoxy groups -OCH3 is 1. The van der Waals surface area contributed by atoms with Crippen molar-refractivity contribution in [3.63, 3.8) is 0 Å². The maximum absolute atomic E-state index is 12.5. The summed E-state index contributed by atoms with van der Waals surface area (Å²) in [6, 6.07) is 10.6. The number of benzene rings is 1. The van der Waals surface area contributed by atoms with Gasteiger partial charge in [0.2, 0.25) is 5.91 Å². The Bertz CT molecular complexity index is 646. The molecule has 0 spiro atoms. The van der Waals surface area contributed by atoms with Crippen LogP contribution < -0.4 is 0 Å². The molecule has 0 bridgehead atoms. The molecule has 1 rings (SSSR count). The van der Waals surface area contributed by atoms with Crippen molar-refractivity contribution >= 4 is 11.9 Å². The van der Waals surface area contributed by atoms with Crippen LogP contribution in [0.15, 0.2) is 30.3 Å². The monoisotopic (exact) mass is 374 g/mol. The Morgan fingerprint density at radius 1 is 1.22 bits per heavy atom. The van der Waals surface area contributed by atoms with Crippen molar-refractivity contribution in [3.05, 3.63) is 35.9 Å². The van der Waals surface area contributed by atoms with Gasteiger partial charge in [0.05, 0.1) is 25.9 Å². The number of carbonyl (C=O) groups is 2. The van der Waals surface area contributed by atoms with Gasteiger partial charge < -0.3 is 14.4 Å². The first-order valence-electron chi connectivity index (χ1n) is 9.09. The van der Waals surface area contributed by atoms with E-state index in [1.807, 2.05) is 36.4 Å². The highest BCUT2D eigenvalue weighted by Crippen LogP contribution is 2.22. The highest BCUT2D eigenvalue weighted by Gasteiger charge is 2.36. The fraction of sp³-hybridized carbons (Fsp3) is 0.571. The molecule has 6 nitrogen and oxygen atoms in total. The summed E-state index contributed by atoms with van der Waals surface area (Å²) in [5, 5.41) is 8.94. The summed E-state index contributed by atoms with van der Waals surface area (Å²) in [7, 11) is 1.29. The first-order chi connectivity index (χ1) is 12.7. The Morgan fingerprint density at radius 3 is 2.37 bits per heavy atom. The molecule has 1 amide bonds. The van der Waals surface area contributed by atoms with E-state index in [1.54, 1.807) is 6.92 Å². The Morgan fingerprint density at radius 2 is 1.85 bits per heavy atom. The molecule has 0 aliphatic heterocycles. The summed E-state index contributed by atoms with van der Waals surface area (Å²) >= 11 is 0. The lowest BCUT2D eigenvalue weighted by Gasteiger charge is -2.35. The SMILES string of the molecule is COC(=O)C(C(C)OCc1ccccc1)N(CCC(C)(C)C)C(=O)CC#N. The van der Waals surface area contributed by atoms with Crippen LogP contribution in [-0.2, 0) is 25.7 Å². The Labute approximate surface area is 162 Å². The molecule has 0 saturated carbocycles. The van der Waals surface area contributed by atoms with Crippen LogP contribution in [0.25, 0.3) is 0 Å². The molecule has 148 valence electrons. The third kappa shape index (κ3) is 7.79.